The Kier molecular flexibility index (Phi) is 5.17. The number of thiophene rings is 1. The van der Waals surface area contributed by atoms with Crippen molar-refractivity contribution >= 4 is 17.6 Å². The Bertz CT molecular complexity index is 803. The Morgan fingerprint density at radius 2 is 2.12 bits per heavy atom. The van der Waals surface area contributed by atoms with Gasteiger partial charge in [-0.3, -0.25) is 0 Å². The zero-order valence-electron chi connectivity index (χ0n) is 12.3. The van der Waals surface area contributed by atoms with Crippen molar-refractivity contribution in [3.8, 4) is 16.5 Å². The molecule has 2 heterocycles. The van der Waals surface area contributed by atoms with E-state index in [0.717, 1.165) is 4.88 Å². The van der Waals surface area contributed by atoms with Crippen molar-refractivity contribution in [3.05, 3.63) is 59.3 Å². The van der Waals surface area contributed by atoms with E-state index in [1.165, 1.54) is 29.9 Å². The minimum absolute atomic E-state index is 0.0290. The second-order valence-electron chi connectivity index (χ2n) is 4.55. The molecular formula is C16H12F2N2O3S. The molecule has 8 heteroatoms. The molecule has 0 aliphatic heterocycles. The van der Waals surface area contributed by atoms with Crippen LogP contribution in [0.5, 0.6) is 5.75 Å². The van der Waals surface area contributed by atoms with Crippen molar-refractivity contribution in [2.75, 3.05) is 0 Å². The van der Waals surface area contributed by atoms with Crippen molar-refractivity contribution in [1.82, 2.24) is 4.98 Å². The van der Waals surface area contributed by atoms with Crippen LogP contribution >= 0.6 is 11.3 Å². The minimum Gasteiger partial charge on any atom is -0.443 e. The molecule has 0 saturated heterocycles. The first-order valence-electron chi connectivity index (χ1n) is 6.90. The third-order valence-electron chi connectivity index (χ3n) is 2.90. The minimum atomic E-state index is -2.90. The highest BCUT2D eigenvalue weighted by Crippen LogP contribution is 2.24. The smallest absolute Gasteiger partial charge is 0.387 e. The number of aromatic nitrogens is 1. The normalized spacial score (nSPS) is 11.3. The first-order chi connectivity index (χ1) is 11.7. The zero-order chi connectivity index (χ0) is 16.8. The summed E-state index contributed by atoms with van der Waals surface area (Å²) in [5.74, 6) is 0.546. The SMILES string of the molecule is FC(F)Oc1ccccc1/C=N/OCc1coc(-c2cccs2)n1. The summed E-state index contributed by atoms with van der Waals surface area (Å²) in [6.07, 6.45) is 2.79. The average molecular weight is 350 g/mol. The van der Waals surface area contributed by atoms with E-state index in [1.807, 2.05) is 17.5 Å². The van der Waals surface area contributed by atoms with Gasteiger partial charge in [0.15, 0.2) is 6.61 Å². The fourth-order valence-corrected chi connectivity index (χ4v) is 2.53. The van der Waals surface area contributed by atoms with Crippen LogP contribution in [0, 0.1) is 0 Å². The van der Waals surface area contributed by atoms with E-state index in [4.69, 9.17) is 9.25 Å². The lowest BCUT2D eigenvalue weighted by atomic mass is 10.2. The highest BCUT2D eigenvalue weighted by Gasteiger charge is 2.09. The van der Waals surface area contributed by atoms with E-state index in [-0.39, 0.29) is 12.4 Å². The predicted molar refractivity (Wildman–Crippen MR) is 85.3 cm³/mol. The van der Waals surface area contributed by atoms with Crippen LogP contribution in [-0.4, -0.2) is 17.8 Å². The summed E-state index contributed by atoms with van der Waals surface area (Å²) in [5, 5.41) is 5.68. The predicted octanol–water partition coefficient (Wildman–Crippen LogP) is 4.56. The van der Waals surface area contributed by atoms with E-state index in [1.54, 1.807) is 18.2 Å². The second-order valence-corrected chi connectivity index (χ2v) is 5.49. The van der Waals surface area contributed by atoms with Crippen LogP contribution in [0.2, 0.25) is 0 Å². The number of ether oxygens (including phenoxy) is 1. The molecule has 0 atom stereocenters. The Morgan fingerprint density at radius 3 is 2.92 bits per heavy atom. The van der Waals surface area contributed by atoms with Gasteiger partial charge < -0.3 is 14.0 Å². The van der Waals surface area contributed by atoms with Gasteiger partial charge in [0.2, 0.25) is 5.89 Å². The number of para-hydroxylation sites is 1. The van der Waals surface area contributed by atoms with Crippen molar-refractivity contribution < 1.29 is 22.8 Å². The van der Waals surface area contributed by atoms with E-state index < -0.39 is 6.61 Å². The van der Waals surface area contributed by atoms with E-state index >= 15 is 0 Å². The lowest BCUT2D eigenvalue weighted by Gasteiger charge is -2.06. The Balaban J connectivity index is 1.58. The Labute approximate surface area is 140 Å². The topological polar surface area (TPSA) is 56.9 Å². The van der Waals surface area contributed by atoms with Gasteiger partial charge in [-0.15, -0.1) is 11.3 Å². The van der Waals surface area contributed by atoms with E-state index in [0.29, 0.717) is 17.1 Å². The van der Waals surface area contributed by atoms with Gasteiger partial charge >= 0.3 is 6.61 Å². The Hall–Kier alpha value is -2.74. The summed E-state index contributed by atoms with van der Waals surface area (Å²) in [7, 11) is 0. The number of alkyl halides is 2. The first-order valence-corrected chi connectivity index (χ1v) is 7.78. The molecule has 5 nitrogen and oxygen atoms in total. The summed E-state index contributed by atoms with van der Waals surface area (Å²) in [6.45, 7) is -2.80. The van der Waals surface area contributed by atoms with Crippen LogP contribution in [0.25, 0.3) is 10.8 Å². The molecule has 0 bridgehead atoms. The van der Waals surface area contributed by atoms with Gasteiger partial charge in [0, 0.05) is 5.56 Å². The molecule has 2 aromatic heterocycles. The highest BCUT2D eigenvalue weighted by molar-refractivity contribution is 7.13. The summed E-state index contributed by atoms with van der Waals surface area (Å²) in [5.41, 5.74) is 0.963. The summed E-state index contributed by atoms with van der Waals surface area (Å²) in [4.78, 5) is 10.3. The molecule has 24 heavy (non-hydrogen) atoms. The van der Waals surface area contributed by atoms with Gasteiger partial charge in [0.1, 0.15) is 17.7 Å². The van der Waals surface area contributed by atoms with Crippen molar-refractivity contribution in [2.45, 2.75) is 13.2 Å². The molecule has 3 aromatic rings. The van der Waals surface area contributed by atoms with Crippen LogP contribution in [-0.2, 0) is 11.4 Å². The molecule has 0 aliphatic rings. The molecule has 124 valence electrons. The standard InChI is InChI=1S/C16H12F2N2O3S/c17-16(18)23-13-5-2-1-4-11(13)8-19-22-10-12-9-21-15(20-12)14-6-3-7-24-14/h1-9,16H,10H2/b19-8+. The number of hydrogen-bond acceptors (Lipinski definition) is 6. The molecule has 3 rings (SSSR count). The lowest BCUT2D eigenvalue weighted by molar-refractivity contribution is -0.0499. The molecule has 0 fully saturated rings. The highest BCUT2D eigenvalue weighted by atomic mass is 32.1. The third-order valence-corrected chi connectivity index (χ3v) is 3.76. The van der Waals surface area contributed by atoms with Crippen LogP contribution in [0.4, 0.5) is 8.78 Å². The number of halogens is 2. The first kappa shape index (κ1) is 16.1. The van der Waals surface area contributed by atoms with Crippen molar-refractivity contribution in [2.24, 2.45) is 5.16 Å². The average Bonchev–Trinajstić information content (AvgIpc) is 3.23. The van der Waals surface area contributed by atoms with Crippen LogP contribution in [0.3, 0.4) is 0 Å². The fraction of sp³-hybridized carbons (Fsp3) is 0.125. The maximum atomic E-state index is 12.3. The van der Waals surface area contributed by atoms with Gasteiger partial charge in [-0.2, -0.15) is 8.78 Å². The number of nitrogens with zero attached hydrogens (tertiary/aromatic N) is 2. The fourth-order valence-electron chi connectivity index (χ4n) is 1.87. The molecule has 0 unspecified atom stereocenters. The largest absolute Gasteiger partial charge is 0.443 e. The molecule has 0 aliphatic carbocycles. The number of hydrogen-bond donors (Lipinski definition) is 0. The van der Waals surface area contributed by atoms with E-state index in [9.17, 15) is 8.78 Å². The van der Waals surface area contributed by atoms with Crippen molar-refractivity contribution in [1.29, 1.82) is 0 Å². The monoisotopic (exact) mass is 350 g/mol. The molecule has 0 saturated carbocycles. The number of rotatable bonds is 7. The van der Waals surface area contributed by atoms with Gasteiger partial charge in [0.05, 0.1) is 11.1 Å². The van der Waals surface area contributed by atoms with Crippen LogP contribution < -0.4 is 4.74 Å². The number of benzene rings is 1. The van der Waals surface area contributed by atoms with Gasteiger partial charge in [0.25, 0.3) is 0 Å². The summed E-state index contributed by atoms with van der Waals surface area (Å²) in [6, 6.07) is 10.1. The Morgan fingerprint density at radius 1 is 1.25 bits per heavy atom. The number of oxime groups is 1. The van der Waals surface area contributed by atoms with Crippen LogP contribution in [0.1, 0.15) is 11.3 Å². The summed E-state index contributed by atoms with van der Waals surface area (Å²) >= 11 is 1.52. The molecule has 1 aromatic carbocycles. The summed E-state index contributed by atoms with van der Waals surface area (Å²) < 4.78 is 34.4. The molecule has 0 N–H and O–H groups in total. The quantitative estimate of drug-likeness (QED) is 0.463. The maximum Gasteiger partial charge on any atom is 0.387 e. The maximum absolute atomic E-state index is 12.3. The van der Waals surface area contributed by atoms with Gasteiger partial charge in [-0.25, -0.2) is 4.98 Å². The second kappa shape index (κ2) is 7.69. The molecule has 0 spiro atoms. The molecule has 0 amide bonds. The van der Waals surface area contributed by atoms with E-state index in [2.05, 4.69) is 14.9 Å². The number of oxazole rings is 1. The van der Waals surface area contributed by atoms with Gasteiger partial charge in [-0.1, -0.05) is 23.4 Å². The van der Waals surface area contributed by atoms with Crippen LogP contribution in [0.15, 0.2) is 57.6 Å². The molecule has 0 radical (unpaired) electrons. The third kappa shape index (κ3) is 4.17. The zero-order valence-corrected chi connectivity index (χ0v) is 13.1. The van der Waals surface area contributed by atoms with Gasteiger partial charge in [-0.05, 0) is 23.6 Å². The van der Waals surface area contributed by atoms with Crippen molar-refractivity contribution in [3.63, 3.8) is 0 Å². The lowest BCUT2D eigenvalue weighted by Crippen LogP contribution is -2.04. The molecular weight excluding hydrogens is 338 g/mol.